The molecular weight excluding hydrogens is 278 g/mol. The number of fused-ring (bicyclic) bond motifs is 3. The highest BCUT2D eigenvalue weighted by Gasteiger charge is 2.12. The summed E-state index contributed by atoms with van der Waals surface area (Å²) in [4.78, 5) is 8.63. The van der Waals surface area contributed by atoms with E-state index in [-0.39, 0.29) is 0 Å². The molecule has 1 N–H and O–H groups in total. The lowest BCUT2D eigenvalue weighted by Gasteiger charge is -2.06. The van der Waals surface area contributed by atoms with Crippen molar-refractivity contribution in [3.05, 3.63) is 30.6 Å². The molecule has 0 bridgehead atoms. The van der Waals surface area contributed by atoms with Gasteiger partial charge >= 0.3 is 0 Å². The van der Waals surface area contributed by atoms with E-state index in [1.807, 2.05) is 24.3 Å². The molecule has 0 fully saturated rings. The third-order valence-corrected chi connectivity index (χ3v) is 3.56. The summed E-state index contributed by atoms with van der Waals surface area (Å²) in [7, 11) is 0. The maximum absolute atomic E-state index is 5.87. The van der Waals surface area contributed by atoms with E-state index in [2.05, 4.69) is 22.2 Å². The lowest BCUT2D eigenvalue weighted by atomic mass is 10.2. The first-order chi connectivity index (χ1) is 10.9. The van der Waals surface area contributed by atoms with Gasteiger partial charge in [0.15, 0.2) is 11.4 Å². The fourth-order valence-corrected chi connectivity index (χ4v) is 2.38. The Kier molecular flexibility index (Phi) is 4.85. The minimum Gasteiger partial charge on any atom is -0.450 e. The lowest BCUT2D eigenvalue weighted by molar-refractivity contribution is 0.131. The van der Waals surface area contributed by atoms with Gasteiger partial charge < -0.3 is 14.5 Å². The van der Waals surface area contributed by atoms with E-state index >= 15 is 0 Å². The molecule has 2 aromatic heterocycles. The second-order valence-corrected chi connectivity index (χ2v) is 5.24. The van der Waals surface area contributed by atoms with Crippen LogP contribution in [0.15, 0.2) is 35.0 Å². The Balaban J connectivity index is 1.64. The predicted molar refractivity (Wildman–Crippen MR) is 88.1 cm³/mol. The SMILES string of the molecule is CCCCOCCCNc1ncnc2c1oc1ccccc12. The normalized spacial score (nSPS) is 11.3. The van der Waals surface area contributed by atoms with Crippen LogP contribution < -0.4 is 5.32 Å². The zero-order valence-electron chi connectivity index (χ0n) is 12.8. The third kappa shape index (κ3) is 3.20. The van der Waals surface area contributed by atoms with Crippen molar-refractivity contribution in [2.45, 2.75) is 26.2 Å². The number of nitrogens with zero attached hydrogens (tertiary/aromatic N) is 2. The van der Waals surface area contributed by atoms with Gasteiger partial charge in [0.2, 0.25) is 0 Å². The molecule has 5 heteroatoms. The number of nitrogens with one attached hydrogen (secondary N) is 1. The summed E-state index contributed by atoms with van der Waals surface area (Å²) in [6.45, 7) is 4.58. The van der Waals surface area contributed by atoms with Crippen LogP contribution in [0.25, 0.3) is 22.1 Å². The molecule has 5 nitrogen and oxygen atoms in total. The summed E-state index contributed by atoms with van der Waals surface area (Å²) in [5.41, 5.74) is 2.41. The summed E-state index contributed by atoms with van der Waals surface area (Å²) in [6.07, 6.45) is 4.81. The molecule has 0 saturated heterocycles. The molecule has 3 rings (SSSR count). The Morgan fingerprint density at radius 1 is 1.14 bits per heavy atom. The average Bonchev–Trinajstić information content (AvgIpc) is 2.93. The Bertz CT molecular complexity index is 739. The van der Waals surface area contributed by atoms with Crippen LogP contribution in [0.1, 0.15) is 26.2 Å². The number of benzene rings is 1. The largest absolute Gasteiger partial charge is 0.450 e. The van der Waals surface area contributed by atoms with Crippen LogP contribution in [0.4, 0.5) is 5.82 Å². The maximum Gasteiger partial charge on any atom is 0.196 e. The van der Waals surface area contributed by atoms with Gasteiger partial charge in [-0.1, -0.05) is 25.5 Å². The lowest BCUT2D eigenvalue weighted by Crippen LogP contribution is -2.07. The van der Waals surface area contributed by atoms with Gasteiger partial charge in [0, 0.05) is 25.1 Å². The first-order valence-electron chi connectivity index (χ1n) is 7.84. The highest BCUT2D eigenvalue weighted by atomic mass is 16.5. The Hall–Kier alpha value is -2.14. The first-order valence-corrected chi connectivity index (χ1v) is 7.84. The quantitative estimate of drug-likeness (QED) is 0.637. The molecule has 0 unspecified atom stereocenters. The molecule has 3 aromatic rings. The van der Waals surface area contributed by atoms with Crippen LogP contribution in [0.5, 0.6) is 0 Å². The van der Waals surface area contributed by atoms with Crippen molar-refractivity contribution in [2.75, 3.05) is 25.1 Å². The van der Waals surface area contributed by atoms with Crippen molar-refractivity contribution in [1.82, 2.24) is 9.97 Å². The topological polar surface area (TPSA) is 60.2 Å². The summed E-state index contributed by atoms with van der Waals surface area (Å²) in [5, 5.41) is 4.33. The molecule has 0 atom stereocenters. The van der Waals surface area contributed by atoms with Crippen molar-refractivity contribution in [2.24, 2.45) is 0 Å². The van der Waals surface area contributed by atoms with E-state index in [4.69, 9.17) is 9.15 Å². The highest BCUT2D eigenvalue weighted by molar-refractivity contribution is 6.05. The molecule has 116 valence electrons. The van der Waals surface area contributed by atoms with E-state index < -0.39 is 0 Å². The number of ether oxygens (including phenoxy) is 1. The number of anilines is 1. The average molecular weight is 299 g/mol. The molecule has 0 aliphatic carbocycles. The minimum atomic E-state index is 0.718. The molecule has 0 saturated carbocycles. The second kappa shape index (κ2) is 7.22. The molecule has 2 heterocycles. The monoisotopic (exact) mass is 299 g/mol. The molecule has 0 radical (unpaired) electrons. The number of para-hydroxylation sites is 1. The van der Waals surface area contributed by atoms with Gasteiger partial charge in [0.1, 0.15) is 17.4 Å². The Labute approximate surface area is 129 Å². The van der Waals surface area contributed by atoms with Gasteiger partial charge in [0.05, 0.1) is 0 Å². The van der Waals surface area contributed by atoms with Crippen LogP contribution in [-0.2, 0) is 4.74 Å². The Morgan fingerprint density at radius 3 is 2.91 bits per heavy atom. The highest BCUT2D eigenvalue weighted by Crippen LogP contribution is 2.30. The number of furan rings is 1. The van der Waals surface area contributed by atoms with Crippen LogP contribution in [-0.4, -0.2) is 29.7 Å². The zero-order valence-corrected chi connectivity index (χ0v) is 12.8. The van der Waals surface area contributed by atoms with Crippen LogP contribution in [0.2, 0.25) is 0 Å². The maximum atomic E-state index is 5.87. The van der Waals surface area contributed by atoms with E-state index in [1.54, 1.807) is 6.33 Å². The molecular formula is C17H21N3O2. The van der Waals surface area contributed by atoms with E-state index in [0.717, 1.165) is 60.5 Å². The van der Waals surface area contributed by atoms with Crippen molar-refractivity contribution < 1.29 is 9.15 Å². The van der Waals surface area contributed by atoms with Crippen LogP contribution >= 0.6 is 0 Å². The fourth-order valence-electron chi connectivity index (χ4n) is 2.38. The molecule has 22 heavy (non-hydrogen) atoms. The molecule has 0 aliphatic heterocycles. The smallest absolute Gasteiger partial charge is 0.196 e. The predicted octanol–water partition coefficient (Wildman–Crippen LogP) is 3.99. The fraction of sp³-hybridized carbons (Fsp3) is 0.412. The van der Waals surface area contributed by atoms with Crippen LogP contribution in [0, 0.1) is 0 Å². The summed E-state index contributed by atoms with van der Waals surface area (Å²) in [6, 6.07) is 7.90. The Morgan fingerprint density at radius 2 is 2.00 bits per heavy atom. The van der Waals surface area contributed by atoms with Crippen molar-refractivity contribution in [1.29, 1.82) is 0 Å². The van der Waals surface area contributed by atoms with Gasteiger partial charge in [-0.2, -0.15) is 0 Å². The van der Waals surface area contributed by atoms with Gasteiger partial charge in [-0.15, -0.1) is 0 Å². The summed E-state index contributed by atoms with van der Waals surface area (Å²) < 4.78 is 11.4. The van der Waals surface area contributed by atoms with Gasteiger partial charge in [-0.3, -0.25) is 0 Å². The van der Waals surface area contributed by atoms with Gasteiger partial charge in [-0.25, -0.2) is 9.97 Å². The molecule has 0 amide bonds. The number of hydrogen-bond donors (Lipinski definition) is 1. The minimum absolute atomic E-state index is 0.718. The van der Waals surface area contributed by atoms with Crippen molar-refractivity contribution in [3.8, 4) is 0 Å². The number of aromatic nitrogens is 2. The molecule has 1 aromatic carbocycles. The zero-order chi connectivity index (χ0) is 15.2. The van der Waals surface area contributed by atoms with E-state index in [0.29, 0.717) is 0 Å². The third-order valence-electron chi connectivity index (χ3n) is 3.56. The molecule has 0 aliphatic rings. The van der Waals surface area contributed by atoms with Crippen LogP contribution in [0.3, 0.4) is 0 Å². The van der Waals surface area contributed by atoms with Crippen molar-refractivity contribution >= 4 is 27.9 Å². The first kappa shape index (κ1) is 14.8. The van der Waals surface area contributed by atoms with E-state index in [9.17, 15) is 0 Å². The number of rotatable bonds is 8. The van der Waals surface area contributed by atoms with Gasteiger partial charge in [0.25, 0.3) is 0 Å². The summed E-state index contributed by atoms with van der Waals surface area (Å²) >= 11 is 0. The summed E-state index contributed by atoms with van der Waals surface area (Å²) in [5.74, 6) is 0.745. The number of hydrogen-bond acceptors (Lipinski definition) is 5. The van der Waals surface area contributed by atoms with Gasteiger partial charge in [-0.05, 0) is 25.0 Å². The van der Waals surface area contributed by atoms with Crippen molar-refractivity contribution in [3.63, 3.8) is 0 Å². The van der Waals surface area contributed by atoms with E-state index in [1.165, 1.54) is 6.42 Å². The standard InChI is InChI=1S/C17H21N3O2/c1-2-3-10-21-11-6-9-18-17-16-15(19-12-20-17)13-7-4-5-8-14(13)22-16/h4-5,7-8,12H,2-3,6,9-11H2,1H3,(H,18,19,20). The second-order valence-electron chi connectivity index (χ2n) is 5.24. The molecule has 0 spiro atoms. The number of unbranched alkanes of at least 4 members (excludes halogenated alkanes) is 1.